The van der Waals surface area contributed by atoms with E-state index in [1.807, 2.05) is 26.0 Å². The lowest BCUT2D eigenvalue weighted by atomic mass is 9.87. The van der Waals surface area contributed by atoms with Gasteiger partial charge in [0.15, 0.2) is 14.4 Å². The average molecular weight is 441 g/mol. The first-order valence-corrected chi connectivity index (χ1v) is 13.4. The van der Waals surface area contributed by atoms with Crippen LogP contribution in [0.15, 0.2) is 36.5 Å². The Kier molecular flexibility index (Phi) is 6.20. The number of pyridine rings is 1. The van der Waals surface area contributed by atoms with Crippen molar-refractivity contribution in [3.63, 3.8) is 0 Å². The van der Waals surface area contributed by atoms with Crippen LogP contribution in [0.1, 0.15) is 57.4 Å². The zero-order valence-corrected chi connectivity index (χ0v) is 20.4. The second-order valence-corrected chi connectivity index (χ2v) is 14.9. The topological polar surface area (TPSA) is 84.6 Å². The molecule has 1 aliphatic rings. The maximum atomic E-state index is 11.0. The van der Waals surface area contributed by atoms with E-state index in [4.69, 9.17) is 13.9 Å². The molecule has 0 amide bonds. The molecule has 0 unspecified atom stereocenters. The first kappa shape index (κ1) is 23.3. The SMILES string of the molecule is CC1(C)Oc2ccc(C#N)cc2[C@@H](Oc2cc(CO[Si](C)(C)C(C)(C)C)ccn2)[C@@H]1O. The van der Waals surface area contributed by atoms with E-state index in [0.29, 0.717) is 29.4 Å². The molecule has 2 aromatic rings. The molecular formula is C24H32N2O4Si. The standard InChI is InChI=1S/C24H32N2O4Si/c1-23(2,3)31(6,7)28-15-17-10-11-26-20(13-17)29-21-18-12-16(14-25)8-9-19(18)30-24(4,5)22(21)27/h8-13,21-22,27H,15H2,1-7H3/t21-,22+/m1/s1. The molecule has 3 rings (SSSR count). The number of rotatable bonds is 5. The molecule has 166 valence electrons. The van der Waals surface area contributed by atoms with Crippen LogP contribution in [0.3, 0.4) is 0 Å². The van der Waals surface area contributed by atoms with Crippen molar-refractivity contribution >= 4 is 8.32 Å². The third-order valence-electron chi connectivity index (χ3n) is 6.27. The van der Waals surface area contributed by atoms with E-state index in [-0.39, 0.29) is 5.04 Å². The third kappa shape index (κ3) is 4.92. The minimum absolute atomic E-state index is 0.124. The van der Waals surface area contributed by atoms with Gasteiger partial charge in [0.25, 0.3) is 0 Å². The molecule has 1 aromatic heterocycles. The normalized spacial score (nSPS) is 20.4. The molecule has 1 aromatic carbocycles. The Morgan fingerprint density at radius 2 is 1.94 bits per heavy atom. The van der Waals surface area contributed by atoms with Gasteiger partial charge < -0.3 is 19.0 Å². The maximum absolute atomic E-state index is 11.0. The van der Waals surface area contributed by atoms with Gasteiger partial charge in [-0.2, -0.15) is 5.26 Å². The zero-order chi connectivity index (χ0) is 23.0. The van der Waals surface area contributed by atoms with Crippen LogP contribution in [-0.2, 0) is 11.0 Å². The quantitative estimate of drug-likeness (QED) is 0.649. The van der Waals surface area contributed by atoms with Gasteiger partial charge >= 0.3 is 0 Å². The van der Waals surface area contributed by atoms with Crippen molar-refractivity contribution < 1.29 is 19.0 Å². The largest absolute Gasteiger partial charge is 0.485 e. The number of hydrogen-bond acceptors (Lipinski definition) is 6. The van der Waals surface area contributed by atoms with E-state index in [2.05, 4.69) is 44.9 Å². The summed E-state index contributed by atoms with van der Waals surface area (Å²) in [6.07, 6.45) is 0.0300. The summed E-state index contributed by atoms with van der Waals surface area (Å²) in [7, 11) is -1.88. The van der Waals surface area contributed by atoms with Gasteiger partial charge in [-0.15, -0.1) is 0 Å². The van der Waals surface area contributed by atoms with E-state index in [0.717, 1.165) is 5.56 Å². The van der Waals surface area contributed by atoms with Crippen LogP contribution in [0.4, 0.5) is 0 Å². The molecule has 7 heteroatoms. The second kappa shape index (κ2) is 8.27. The van der Waals surface area contributed by atoms with Gasteiger partial charge in [0.05, 0.1) is 18.2 Å². The molecule has 1 N–H and O–H groups in total. The summed E-state index contributed by atoms with van der Waals surface area (Å²) in [6, 6.07) is 11.0. The monoisotopic (exact) mass is 440 g/mol. The molecule has 0 bridgehead atoms. The summed E-state index contributed by atoms with van der Waals surface area (Å²) in [5, 5.41) is 20.4. The van der Waals surface area contributed by atoms with Crippen LogP contribution in [0.2, 0.25) is 18.1 Å². The van der Waals surface area contributed by atoms with Crippen LogP contribution >= 0.6 is 0 Å². The molecule has 6 nitrogen and oxygen atoms in total. The summed E-state index contributed by atoms with van der Waals surface area (Å²) in [4.78, 5) is 4.34. The molecule has 2 atom stereocenters. The lowest BCUT2D eigenvalue weighted by Gasteiger charge is -2.41. The first-order chi connectivity index (χ1) is 14.3. The van der Waals surface area contributed by atoms with Crippen molar-refractivity contribution in [3.05, 3.63) is 53.2 Å². The molecule has 0 saturated carbocycles. The number of aromatic nitrogens is 1. The fourth-order valence-corrected chi connectivity index (χ4v) is 4.12. The van der Waals surface area contributed by atoms with Crippen LogP contribution in [0.25, 0.3) is 0 Å². The van der Waals surface area contributed by atoms with E-state index in [1.165, 1.54) is 0 Å². The Labute approximate surface area is 185 Å². The van der Waals surface area contributed by atoms with E-state index >= 15 is 0 Å². The molecule has 0 fully saturated rings. The molecule has 0 radical (unpaired) electrons. The van der Waals surface area contributed by atoms with E-state index in [1.54, 1.807) is 24.4 Å². The van der Waals surface area contributed by atoms with Crippen LogP contribution < -0.4 is 9.47 Å². The molecule has 2 heterocycles. The number of ether oxygens (including phenoxy) is 2. The predicted molar refractivity (Wildman–Crippen MR) is 121 cm³/mol. The van der Waals surface area contributed by atoms with E-state index < -0.39 is 26.1 Å². The predicted octanol–water partition coefficient (Wildman–Crippen LogP) is 5.13. The molecular weight excluding hydrogens is 408 g/mol. The molecule has 31 heavy (non-hydrogen) atoms. The van der Waals surface area contributed by atoms with Gasteiger partial charge in [-0.05, 0) is 61.8 Å². The Bertz CT molecular complexity index is 992. The summed E-state index contributed by atoms with van der Waals surface area (Å²) in [6.45, 7) is 15.2. The fraction of sp³-hybridized carbons (Fsp3) is 0.500. The molecule has 1 aliphatic heterocycles. The zero-order valence-electron chi connectivity index (χ0n) is 19.4. The number of fused-ring (bicyclic) bond motifs is 1. The van der Waals surface area contributed by atoms with Crippen molar-refractivity contribution in [1.29, 1.82) is 5.26 Å². The number of benzene rings is 1. The van der Waals surface area contributed by atoms with E-state index in [9.17, 15) is 10.4 Å². The fourth-order valence-electron chi connectivity index (χ4n) is 3.15. The highest BCUT2D eigenvalue weighted by Crippen LogP contribution is 2.42. The van der Waals surface area contributed by atoms with Crippen LogP contribution in [0, 0.1) is 11.3 Å². The number of aliphatic hydroxyl groups excluding tert-OH is 1. The van der Waals surface area contributed by atoms with Crippen molar-refractivity contribution in [2.75, 3.05) is 0 Å². The van der Waals surface area contributed by atoms with Crippen LogP contribution in [0.5, 0.6) is 11.6 Å². The Balaban J connectivity index is 1.85. The van der Waals surface area contributed by atoms with Crippen molar-refractivity contribution in [2.24, 2.45) is 0 Å². The Hall–Kier alpha value is -2.40. The molecule has 0 saturated heterocycles. The summed E-state index contributed by atoms with van der Waals surface area (Å²) in [5.74, 6) is 0.989. The minimum atomic E-state index is -1.88. The second-order valence-electron chi connectivity index (χ2n) is 10.1. The number of aliphatic hydroxyl groups is 1. The summed E-state index contributed by atoms with van der Waals surface area (Å²) >= 11 is 0. The van der Waals surface area contributed by atoms with Gasteiger partial charge in [-0.25, -0.2) is 4.98 Å². The number of hydrogen-bond donors (Lipinski definition) is 1. The van der Waals surface area contributed by atoms with Crippen molar-refractivity contribution in [3.8, 4) is 17.7 Å². The summed E-state index contributed by atoms with van der Waals surface area (Å²) < 4.78 is 18.4. The van der Waals surface area contributed by atoms with Crippen molar-refractivity contribution in [1.82, 2.24) is 4.98 Å². The van der Waals surface area contributed by atoms with Gasteiger partial charge in [-0.3, -0.25) is 0 Å². The Morgan fingerprint density at radius 3 is 2.58 bits per heavy atom. The molecule has 0 aliphatic carbocycles. The van der Waals surface area contributed by atoms with Gasteiger partial charge in [-0.1, -0.05) is 20.8 Å². The van der Waals surface area contributed by atoms with Crippen LogP contribution in [-0.4, -0.2) is 30.1 Å². The molecule has 0 spiro atoms. The number of nitrogens with zero attached hydrogens (tertiary/aromatic N) is 2. The minimum Gasteiger partial charge on any atom is -0.485 e. The van der Waals surface area contributed by atoms with Gasteiger partial charge in [0, 0.05) is 17.8 Å². The third-order valence-corrected chi connectivity index (χ3v) is 10.7. The van der Waals surface area contributed by atoms with Gasteiger partial charge in [0.1, 0.15) is 17.5 Å². The average Bonchev–Trinajstić information content (AvgIpc) is 2.69. The highest BCUT2D eigenvalue weighted by Gasteiger charge is 2.44. The van der Waals surface area contributed by atoms with Gasteiger partial charge in [0.2, 0.25) is 5.88 Å². The maximum Gasteiger partial charge on any atom is 0.214 e. The highest BCUT2D eigenvalue weighted by atomic mass is 28.4. The lowest BCUT2D eigenvalue weighted by Crippen LogP contribution is -2.50. The Morgan fingerprint density at radius 1 is 1.23 bits per heavy atom. The smallest absolute Gasteiger partial charge is 0.214 e. The summed E-state index contributed by atoms with van der Waals surface area (Å²) in [5.41, 5.74) is 1.22. The lowest BCUT2D eigenvalue weighted by molar-refractivity contribution is -0.104. The first-order valence-electron chi connectivity index (χ1n) is 10.5. The van der Waals surface area contributed by atoms with Crippen molar-refractivity contribution in [2.45, 2.75) is 77.2 Å². The highest BCUT2D eigenvalue weighted by molar-refractivity contribution is 6.74. The number of nitriles is 1.